The second-order valence-electron chi connectivity index (χ2n) is 7.54. The minimum absolute atomic E-state index is 0.212. The van der Waals surface area contributed by atoms with E-state index in [1.165, 1.54) is 0 Å². The number of carbonyl (C=O) groups excluding carboxylic acids is 1. The Balaban J connectivity index is 2.69. The molecule has 1 amide bonds. The summed E-state index contributed by atoms with van der Waals surface area (Å²) in [7, 11) is 0.250. The van der Waals surface area contributed by atoms with Crippen LogP contribution < -0.4 is 21.4 Å². The van der Waals surface area contributed by atoms with Gasteiger partial charge in [0.2, 0.25) is 0 Å². The van der Waals surface area contributed by atoms with Gasteiger partial charge in [0.1, 0.15) is 5.31 Å². The number of hydrogen-bond donors (Lipinski definition) is 2. The van der Waals surface area contributed by atoms with Crippen LogP contribution in [-0.4, -0.2) is 30.6 Å². The van der Waals surface area contributed by atoms with Crippen LogP contribution in [0.15, 0.2) is 72.2 Å². The van der Waals surface area contributed by atoms with Crippen LogP contribution in [0.2, 0.25) is 0 Å². The zero-order chi connectivity index (χ0) is 20.1. The second kappa shape index (κ2) is 8.55. The van der Waals surface area contributed by atoms with Crippen molar-refractivity contribution in [3.8, 4) is 0 Å². The molecule has 0 saturated heterocycles. The van der Waals surface area contributed by atoms with Crippen molar-refractivity contribution < 1.29 is 9.36 Å². The van der Waals surface area contributed by atoms with Crippen LogP contribution >= 0.6 is 7.14 Å². The summed E-state index contributed by atoms with van der Waals surface area (Å²) < 4.78 is 14.5. The van der Waals surface area contributed by atoms with E-state index in [4.69, 9.17) is 0 Å². The summed E-state index contributed by atoms with van der Waals surface area (Å²) >= 11 is 0. The number of hydrazine groups is 1. The van der Waals surface area contributed by atoms with Gasteiger partial charge in [-0.1, -0.05) is 60.7 Å². The van der Waals surface area contributed by atoms with E-state index in [0.717, 1.165) is 0 Å². The van der Waals surface area contributed by atoms with Gasteiger partial charge in [0.25, 0.3) is 5.91 Å². The predicted molar refractivity (Wildman–Crippen MR) is 113 cm³/mol. The molecule has 0 aromatic heterocycles. The molecule has 6 heteroatoms. The SMILES string of the molecule is CN(C)N/C=C(\C(=O)NC(C)(C)C)P(=O)(c1ccccc1)c1ccccc1. The van der Waals surface area contributed by atoms with Crippen LogP contribution in [0.5, 0.6) is 0 Å². The van der Waals surface area contributed by atoms with Gasteiger partial charge < -0.3 is 15.3 Å². The number of nitrogens with one attached hydrogen (secondary N) is 2. The van der Waals surface area contributed by atoms with Crippen molar-refractivity contribution in [1.29, 1.82) is 0 Å². The summed E-state index contributed by atoms with van der Waals surface area (Å²) in [6.07, 6.45) is 1.54. The molecule has 5 nitrogen and oxygen atoms in total. The van der Waals surface area contributed by atoms with Crippen LogP contribution in [0.4, 0.5) is 0 Å². The highest BCUT2D eigenvalue weighted by Gasteiger charge is 2.37. The van der Waals surface area contributed by atoms with Crippen LogP contribution in [-0.2, 0) is 9.36 Å². The van der Waals surface area contributed by atoms with Crippen molar-refractivity contribution in [2.75, 3.05) is 14.1 Å². The van der Waals surface area contributed by atoms with Crippen molar-refractivity contribution >= 4 is 23.7 Å². The summed E-state index contributed by atoms with van der Waals surface area (Å²) in [4.78, 5) is 13.2. The van der Waals surface area contributed by atoms with Crippen LogP contribution in [0, 0.1) is 0 Å². The molecule has 0 radical (unpaired) electrons. The third-order valence-electron chi connectivity index (χ3n) is 3.76. The van der Waals surface area contributed by atoms with Gasteiger partial charge in [-0.25, -0.2) is 5.01 Å². The van der Waals surface area contributed by atoms with Gasteiger partial charge in [0.15, 0.2) is 7.14 Å². The molecule has 0 heterocycles. The molecule has 0 bridgehead atoms. The zero-order valence-electron chi connectivity index (χ0n) is 16.6. The average Bonchev–Trinajstić information content (AvgIpc) is 2.61. The molecule has 0 atom stereocenters. The largest absolute Gasteiger partial charge is 0.347 e. The molecule has 2 N–H and O–H groups in total. The van der Waals surface area contributed by atoms with E-state index in [-0.39, 0.29) is 11.2 Å². The van der Waals surface area contributed by atoms with Crippen molar-refractivity contribution in [2.45, 2.75) is 26.3 Å². The normalized spacial score (nSPS) is 12.7. The molecule has 0 unspecified atom stereocenters. The van der Waals surface area contributed by atoms with E-state index in [2.05, 4.69) is 10.7 Å². The maximum Gasteiger partial charge on any atom is 0.257 e. The molecule has 0 spiro atoms. The molecular weight excluding hydrogens is 357 g/mol. The zero-order valence-corrected chi connectivity index (χ0v) is 17.5. The van der Waals surface area contributed by atoms with Gasteiger partial charge in [-0.2, -0.15) is 0 Å². The van der Waals surface area contributed by atoms with E-state index in [0.29, 0.717) is 10.6 Å². The summed E-state index contributed by atoms with van der Waals surface area (Å²) in [6.45, 7) is 5.70. The molecule has 0 fully saturated rings. The number of nitrogens with zero attached hydrogens (tertiary/aromatic N) is 1. The van der Waals surface area contributed by atoms with E-state index in [1.807, 2.05) is 95.5 Å². The van der Waals surface area contributed by atoms with Gasteiger partial charge in [0, 0.05) is 36.4 Å². The first kappa shape index (κ1) is 20.9. The molecule has 27 heavy (non-hydrogen) atoms. The lowest BCUT2D eigenvalue weighted by molar-refractivity contribution is -0.118. The number of hydrogen-bond acceptors (Lipinski definition) is 4. The predicted octanol–water partition coefficient (Wildman–Crippen LogP) is 2.82. The van der Waals surface area contributed by atoms with E-state index < -0.39 is 12.7 Å². The van der Waals surface area contributed by atoms with Crippen molar-refractivity contribution in [1.82, 2.24) is 15.8 Å². The highest BCUT2D eigenvalue weighted by Crippen LogP contribution is 2.51. The Hall–Kier alpha value is -2.36. The quantitative estimate of drug-likeness (QED) is 0.456. The summed E-state index contributed by atoms with van der Waals surface area (Å²) in [5.41, 5.74) is 2.54. The smallest absolute Gasteiger partial charge is 0.257 e. The van der Waals surface area contributed by atoms with Crippen LogP contribution in [0.1, 0.15) is 20.8 Å². The van der Waals surface area contributed by atoms with Gasteiger partial charge in [0.05, 0.1) is 0 Å². The molecule has 0 aliphatic carbocycles. The number of carbonyl (C=O) groups is 1. The third kappa shape index (κ3) is 5.31. The Morgan fingerprint density at radius 3 is 1.74 bits per heavy atom. The highest BCUT2D eigenvalue weighted by molar-refractivity contribution is 7.83. The van der Waals surface area contributed by atoms with Crippen LogP contribution in [0.3, 0.4) is 0 Å². The van der Waals surface area contributed by atoms with Crippen molar-refractivity contribution in [3.63, 3.8) is 0 Å². The third-order valence-corrected chi connectivity index (χ3v) is 6.82. The Labute approximate surface area is 161 Å². The fourth-order valence-corrected chi connectivity index (χ4v) is 5.22. The first-order valence-corrected chi connectivity index (χ1v) is 10.5. The van der Waals surface area contributed by atoms with Gasteiger partial charge >= 0.3 is 0 Å². The highest BCUT2D eigenvalue weighted by atomic mass is 31.2. The average molecular weight is 385 g/mol. The van der Waals surface area contributed by atoms with E-state index >= 15 is 0 Å². The second-order valence-corrected chi connectivity index (χ2v) is 10.3. The van der Waals surface area contributed by atoms with Crippen LogP contribution in [0.25, 0.3) is 0 Å². The molecule has 2 aromatic carbocycles. The molecule has 2 rings (SSSR count). The summed E-state index contributed by atoms with van der Waals surface area (Å²) in [5, 5.41) is 6.10. The fourth-order valence-electron chi connectivity index (χ4n) is 2.60. The Kier molecular flexibility index (Phi) is 6.63. The summed E-state index contributed by atoms with van der Waals surface area (Å²) in [5.74, 6) is -0.354. The molecule has 0 aliphatic rings. The number of amides is 1. The first-order valence-electron chi connectivity index (χ1n) is 8.82. The minimum Gasteiger partial charge on any atom is -0.347 e. The molecular formula is C21H28N3O2P. The monoisotopic (exact) mass is 385 g/mol. The minimum atomic E-state index is -3.37. The van der Waals surface area contributed by atoms with E-state index in [9.17, 15) is 9.36 Å². The lowest BCUT2D eigenvalue weighted by Crippen LogP contribution is -2.43. The number of benzene rings is 2. The van der Waals surface area contributed by atoms with Gasteiger partial charge in [-0.3, -0.25) is 4.79 Å². The van der Waals surface area contributed by atoms with E-state index in [1.54, 1.807) is 11.2 Å². The first-order chi connectivity index (χ1) is 12.6. The fraction of sp³-hybridized carbons (Fsp3) is 0.286. The topological polar surface area (TPSA) is 61.4 Å². The Bertz CT molecular complexity index is 797. The maximum absolute atomic E-state index is 14.5. The molecule has 0 aliphatic heterocycles. The maximum atomic E-state index is 14.5. The molecule has 0 saturated carbocycles. The van der Waals surface area contributed by atoms with Gasteiger partial charge in [-0.15, -0.1) is 0 Å². The standard InChI is InChI=1S/C21H28N3O2P/c1-21(2,3)23-20(25)19(16-22-24(4)5)27(26,17-12-8-6-9-13-17)18-14-10-7-11-15-18/h6-16,22H,1-5H3,(H,23,25)/b19-16+. The summed E-state index contributed by atoms with van der Waals surface area (Å²) in [6, 6.07) is 18.3. The molecule has 144 valence electrons. The van der Waals surface area contributed by atoms with Gasteiger partial charge in [-0.05, 0) is 20.8 Å². The Morgan fingerprint density at radius 2 is 1.37 bits per heavy atom. The number of rotatable bonds is 6. The molecule has 2 aromatic rings. The lowest BCUT2D eigenvalue weighted by atomic mass is 10.1. The lowest BCUT2D eigenvalue weighted by Gasteiger charge is -2.27. The van der Waals surface area contributed by atoms with Crippen molar-refractivity contribution in [2.24, 2.45) is 0 Å². The Morgan fingerprint density at radius 1 is 0.926 bits per heavy atom. The van der Waals surface area contributed by atoms with Crippen molar-refractivity contribution in [3.05, 3.63) is 72.2 Å².